The van der Waals surface area contributed by atoms with E-state index in [1.807, 2.05) is 12.1 Å². The molecule has 0 spiro atoms. The Kier molecular flexibility index (Phi) is 5.54. The average molecular weight is 384 g/mol. The second-order valence-corrected chi connectivity index (χ2v) is 7.04. The molecule has 0 atom stereocenters. The van der Waals surface area contributed by atoms with Gasteiger partial charge in [-0.2, -0.15) is 0 Å². The van der Waals surface area contributed by atoms with E-state index in [2.05, 4.69) is 10.2 Å². The Balaban J connectivity index is 1.77. The third-order valence-corrected chi connectivity index (χ3v) is 4.94. The van der Waals surface area contributed by atoms with E-state index in [-0.39, 0.29) is 5.91 Å². The predicted molar refractivity (Wildman–Crippen MR) is 102 cm³/mol. The third kappa shape index (κ3) is 3.97. The number of piperidine rings is 1. The minimum absolute atomic E-state index is 0.315. The lowest BCUT2D eigenvalue weighted by atomic mass is 10.1. The van der Waals surface area contributed by atoms with Crippen LogP contribution in [0.5, 0.6) is 0 Å². The fourth-order valence-electron chi connectivity index (χ4n) is 2.85. The summed E-state index contributed by atoms with van der Waals surface area (Å²) in [7, 11) is 0. The molecule has 1 aliphatic rings. The molecule has 1 saturated heterocycles. The van der Waals surface area contributed by atoms with E-state index in [0.717, 1.165) is 18.8 Å². The quantitative estimate of drug-likeness (QED) is 0.716. The first-order valence-electron chi connectivity index (χ1n) is 7.85. The molecule has 1 N–H and O–H groups in total. The minimum atomic E-state index is -0.315. The molecule has 6 heteroatoms. The van der Waals surface area contributed by atoms with Crippen LogP contribution < -0.4 is 10.2 Å². The van der Waals surface area contributed by atoms with Crippen molar-refractivity contribution in [3.05, 3.63) is 57.0 Å². The highest BCUT2D eigenvalue weighted by Crippen LogP contribution is 2.31. The zero-order valence-electron chi connectivity index (χ0n) is 13.0. The highest BCUT2D eigenvalue weighted by molar-refractivity contribution is 6.36. The standard InChI is InChI=1S/C18H17Cl3N2O/c19-12-4-6-15(20)14(10-12)18(24)22-13-5-7-17(16(21)11-13)23-8-2-1-3-9-23/h4-7,10-11H,1-3,8-9H2,(H,22,24). The van der Waals surface area contributed by atoms with Crippen LogP contribution in [-0.4, -0.2) is 19.0 Å². The van der Waals surface area contributed by atoms with Crippen molar-refractivity contribution in [1.82, 2.24) is 0 Å². The third-order valence-electron chi connectivity index (χ3n) is 4.08. The van der Waals surface area contributed by atoms with Gasteiger partial charge in [-0.05, 0) is 55.7 Å². The van der Waals surface area contributed by atoms with Gasteiger partial charge in [0.25, 0.3) is 5.91 Å². The molecule has 2 aromatic carbocycles. The van der Waals surface area contributed by atoms with Crippen molar-refractivity contribution in [1.29, 1.82) is 0 Å². The summed E-state index contributed by atoms with van der Waals surface area (Å²) in [6, 6.07) is 10.4. The fourth-order valence-corrected chi connectivity index (χ4v) is 3.52. The van der Waals surface area contributed by atoms with Crippen molar-refractivity contribution in [2.45, 2.75) is 19.3 Å². The number of hydrogen-bond acceptors (Lipinski definition) is 2. The van der Waals surface area contributed by atoms with Gasteiger partial charge >= 0.3 is 0 Å². The Hall–Kier alpha value is -1.42. The van der Waals surface area contributed by atoms with E-state index in [9.17, 15) is 4.79 Å². The summed E-state index contributed by atoms with van der Waals surface area (Å²) in [5.41, 5.74) is 1.97. The van der Waals surface area contributed by atoms with Crippen LogP contribution in [0.15, 0.2) is 36.4 Å². The molecule has 3 rings (SSSR count). The molecule has 0 aromatic heterocycles. The molecular weight excluding hydrogens is 367 g/mol. The van der Waals surface area contributed by atoms with Crippen molar-refractivity contribution in [3.8, 4) is 0 Å². The normalized spacial score (nSPS) is 14.5. The van der Waals surface area contributed by atoms with E-state index < -0.39 is 0 Å². The van der Waals surface area contributed by atoms with Crippen LogP contribution in [0, 0.1) is 0 Å². The van der Waals surface area contributed by atoms with Gasteiger partial charge in [-0.15, -0.1) is 0 Å². The lowest BCUT2D eigenvalue weighted by Crippen LogP contribution is -2.29. The van der Waals surface area contributed by atoms with Gasteiger partial charge in [0, 0.05) is 23.8 Å². The van der Waals surface area contributed by atoms with Gasteiger partial charge in [-0.3, -0.25) is 4.79 Å². The van der Waals surface area contributed by atoms with Gasteiger partial charge in [0.2, 0.25) is 0 Å². The molecule has 0 aliphatic carbocycles. The smallest absolute Gasteiger partial charge is 0.257 e. The fraction of sp³-hybridized carbons (Fsp3) is 0.278. The van der Waals surface area contributed by atoms with Crippen molar-refractivity contribution in [3.63, 3.8) is 0 Å². The van der Waals surface area contributed by atoms with Crippen molar-refractivity contribution in [2.24, 2.45) is 0 Å². The molecule has 2 aromatic rings. The zero-order chi connectivity index (χ0) is 17.1. The maximum atomic E-state index is 12.4. The molecule has 126 valence electrons. The van der Waals surface area contributed by atoms with Gasteiger partial charge in [-0.25, -0.2) is 0 Å². The van der Waals surface area contributed by atoms with E-state index in [1.165, 1.54) is 19.3 Å². The number of carbonyl (C=O) groups is 1. The monoisotopic (exact) mass is 382 g/mol. The number of carbonyl (C=O) groups excluding carboxylic acids is 1. The Morgan fingerprint density at radius 2 is 1.67 bits per heavy atom. The largest absolute Gasteiger partial charge is 0.370 e. The van der Waals surface area contributed by atoms with Crippen molar-refractivity contribution < 1.29 is 4.79 Å². The number of benzene rings is 2. The Bertz CT molecular complexity index is 758. The lowest BCUT2D eigenvalue weighted by Gasteiger charge is -2.29. The maximum Gasteiger partial charge on any atom is 0.257 e. The van der Waals surface area contributed by atoms with Crippen molar-refractivity contribution >= 4 is 52.1 Å². The lowest BCUT2D eigenvalue weighted by molar-refractivity contribution is 0.102. The number of amides is 1. The minimum Gasteiger partial charge on any atom is -0.370 e. The van der Waals surface area contributed by atoms with E-state index >= 15 is 0 Å². The molecule has 1 aliphatic heterocycles. The van der Waals surface area contributed by atoms with Crippen molar-refractivity contribution in [2.75, 3.05) is 23.3 Å². The molecule has 1 heterocycles. The zero-order valence-corrected chi connectivity index (χ0v) is 15.3. The summed E-state index contributed by atoms with van der Waals surface area (Å²) < 4.78 is 0. The number of rotatable bonds is 3. The highest BCUT2D eigenvalue weighted by atomic mass is 35.5. The van der Waals surface area contributed by atoms with E-state index in [0.29, 0.717) is 26.3 Å². The molecule has 24 heavy (non-hydrogen) atoms. The van der Waals surface area contributed by atoms with Crippen LogP contribution in [-0.2, 0) is 0 Å². The number of anilines is 2. The van der Waals surface area contributed by atoms with E-state index in [1.54, 1.807) is 24.3 Å². The van der Waals surface area contributed by atoms with Crippen LogP contribution >= 0.6 is 34.8 Å². The molecule has 0 unspecified atom stereocenters. The van der Waals surface area contributed by atoms with Crippen LogP contribution in [0.2, 0.25) is 15.1 Å². The van der Waals surface area contributed by atoms with Gasteiger partial charge in [-0.1, -0.05) is 34.8 Å². The van der Waals surface area contributed by atoms with E-state index in [4.69, 9.17) is 34.8 Å². The topological polar surface area (TPSA) is 32.3 Å². The van der Waals surface area contributed by atoms with Gasteiger partial charge in [0.1, 0.15) is 0 Å². The molecule has 0 saturated carbocycles. The summed E-state index contributed by atoms with van der Waals surface area (Å²) >= 11 is 18.4. The first-order chi connectivity index (χ1) is 11.5. The summed E-state index contributed by atoms with van der Waals surface area (Å²) in [5.74, 6) is -0.315. The summed E-state index contributed by atoms with van der Waals surface area (Å²) in [5, 5.41) is 4.26. The Morgan fingerprint density at radius 1 is 0.917 bits per heavy atom. The maximum absolute atomic E-state index is 12.4. The van der Waals surface area contributed by atoms with Crippen LogP contribution in [0.4, 0.5) is 11.4 Å². The summed E-state index contributed by atoms with van der Waals surface area (Å²) in [4.78, 5) is 14.7. The second kappa shape index (κ2) is 7.64. The Labute approximate surface area is 156 Å². The highest BCUT2D eigenvalue weighted by Gasteiger charge is 2.16. The van der Waals surface area contributed by atoms with Crippen LogP contribution in [0.25, 0.3) is 0 Å². The first-order valence-corrected chi connectivity index (χ1v) is 8.99. The van der Waals surface area contributed by atoms with Gasteiger partial charge in [0.05, 0.1) is 21.3 Å². The van der Waals surface area contributed by atoms with Crippen LogP contribution in [0.3, 0.4) is 0 Å². The summed E-state index contributed by atoms with van der Waals surface area (Å²) in [6.07, 6.45) is 3.63. The van der Waals surface area contributed by atoms with Crippen LogP contribution in [0.1, 0.15) is 29.6 Å². The summed E-state index contributed by atoms with van der Waals surface area (Å²) in [6.45, 7) is 2.03. The Morgan fingerprint density at radius 3 is 2.38 bits per heavy atom. The predicted octanol–water partition coefficient (Wildman–Crippen LogP) is 5.89. The van der Waals surface area contributed by atoms with Gasteiger partial charge in [0.15, 0.2) is 0 Å². The number of halogens is 3. The molecule has 3 nitrogen and oxygen atoms in total. The van der Waals surface area contributed by atoms with Gasteiger partial charge < -0.3 is 10.2 Å². The molecule has 1 fully saturated rings. The molecular formula is C18H17Cl3N2O. The molecule has 0 radical (unpaired) electrons. The molecule has 1 amide bonds. The first kappa shape index (κ1) is 17.4. The number of nitrogens with zero attached hydrogens (tertiary/aromatic N) is 1. The second-order valence-electron chi connectivity index (χ2n) is 5.79. The number of nitrogens with one attached hydrogen (secondary N) is 1. The molecule has 0 bridgehead atoms. The SMILES string of the molecule is O=C(Nc1ccc(N2CCCCC2)c(Cl)c1)c1cc(Cl)ccc1Cl. The number of hydrogen-bond donors (Lipinski definition) is 1. The average Bonchev–Trinajstić information content (AvgIpc) is 2.58.